The number of fused-ring (bicyclic) bond motifs is 2. The summed E-state index contributed by atoms with van der Waals surface area (Å²) >= 11 is 0. The molecule has 1 aromatic heterocycles. The molecule has 3 heterocycles. The largest absolute Gasteiger partial charge is 0.497 e. The summed E-state index contributed by atoms with van der Waals surface area (Å²) in [6.45, 7) is 0.368. The van der Waals surface area contributed by atoms with Crippen LogP contribution >= 0.6 is 0 Å². The third-order valence-electron chi connectivity index (χ3n) is 6.01. The highest BCUT2D eigenvalue weighted by Crippen LogP contribution is 2.39. The van der Waals surface area contributed by atoms with Crippen molar-refractivity contribution in [3.8, 4) is 11.5 Å². The maximum atomic E-state index is 13.1. The molecule has 1 fully saturated rings. The van der Waals surface area contributed by atoms with Gasteiger partial charge in [-0.2, -0.15) is 0 Å². The van der Waals surface area contributed by atoms with Gasteiger partial charge in [0.15, 0.2) is 0 Å². The van der Waals surface area contributed by atoms with Gasteiger partial charge in [0, 0.05) is 30.1 Å². The Bertz CT molecular complexity index is 1250. The summed E-state index contributed by atoms with van der Waals surface area (Å²) in [5, 5.41) is 3.16. The lowest BCUT2D eigenvalue weighted by atomic mass is 9.82. The molecule has 31 heavy (non-hydrogen) atoms. The minimum Gasteiger partial charge on any atom is -0.497 e. The van der Waals surface area contributed by atoms with Crippen LogP contribution in [0.25, 0.3) is 11.0 Å². The van der Waals surface area contributed by atoms with Crippen LogP contribution in [-0.4, -0.2) is 43.4 Å². The van der Waals surface area contributed by atoms with Gasteiger partial charge in [0.25, 0.3) is 5.91 Å². The molecule has 0 aliphatic carbocycles. The summed E-state index contributed by atoms with van der Waals surface area (Å²) in [6, 6.07) is 12.4. The van der Waals surface area contributed by atoms with Crippen molar-refractivity contribution in [2.75, 3.05) is 20.8 Å². The van der Waals surface area contributed by atoms with Crippen LogP contribution in [0.15, 0.2) is 46.9 Å². The van der Waals surface area contributed by atoms with Crippen LogP contribution in [0.5, 0.6) is 11.5 Å². The van der Waals surface area contributed by atoms with Gasteiger partial charge < -0.3 is 18.8 Å². The number of carbonyl (C=O) groups excluding carboxylic acids is 3. The zero-order chi connectivity index (χ0) is 21.8. The quantitative estimate of drug-likeness (QED) is 0.637. The minimum atomic E-state index is -1.30. The smallest absolute Gasteiger partial charge is 0.254 e. The molecule has 5 rings (SSSR count). The van der Waals surface area contributed by atoms with Gasteiger partial charge in [0.1, 0.15) is 28.3 Å². The fraction of sp³-hybridized carbons (Fsp3) is 0.261. The van der Waals surface area contributed by atoms with E-state index in [1.54, 1.807) is 49.5 Å². The molecule has 2 aliphatic rings. The van der Waals surface area contributed by atoms with Gasteiger partial charge in [-0.1, -0.05) is 6.07 Å². The molecule has 3 aromatic rings. The Kier molecular flexibility index (Phi) is 4.25. The number of rotatable bonds is 5. The Hall–Kier alpha value is -3.81. The van der Waals surface area contributed by atoms with Gasteiger partial charge in [-0.3, -0.25) is 19.7 Å². The molecule has 1 saturated heterocycles. The summed E-state index contributed by atoms with van der Waals surface area (Å²) in [4.78, 5) is 39.9. The predicted molar refractivity (Wildman–Crippen MR) is 110 cm³/mol. The molecule has 1 N–H and O–H groups in total. The van der Waals surface area contributed by atoms with Crippen molar-refractivity contribution in [3.05, 3.63) is 59.4 Å². The molecule has 0 radical (unpaired) electrons. The average Bonchev–Trinajstić information content (AvgIpc) is 3.41. The van der Waals surface area contributed by atoms with Gasteiger partial charge in [0.2, 0.25) is 11.8 Å². The van der Waals surface area contributed by atoms with E-state index in [0.717, 1.165) is 10.9 Å². The summed E-state index contributed by atoms with van der Waals surface area (Å²) in [7, 11) is 3.10. The second-order valence-corrected chi connectivity index (χ2v) is 7.83. The highest BCUT2D eigenvalue weighted by molar-refractivity contribution is 6.10. The lowest BCUT2D eigenvalue weighted by Crippen LogP contribution is -2.46. The van der Waals surface area contributed by atoms with Gasteiger partial charge in [-0.25, -0.2) is 0 Å². The van der Waals surface area contributed by atoms with Crippen LogP contribution in [0, 0.1) is 0 Å². The third-order valence-corrected chi connectivity index (χ3v) is 6.01. The zero-order valence-corrected chi connectivity index (χ0v) is 17.1. The van der Waals surface area contributed by atoms with Crippen molar-refractivity contribution in [2.45, 2.75) is 18.4 Å². The number of amides is 3. The molecule has 1 atom stereocenters. The van der Waals surface area contributed by atoms with Crippen molar-refractivity contribution in [1.82, 2.24) is 10.2 Å². The monoisotopic (exact) mass is 420 g/mol. The van der Waals surface area contributed by atoms with Crippen LogP contribution in [0.1, 0.15) is 28.1 Å². The molecule has 0 saturated carbocycles. The normalized spacial score (nSPS) is 20.3. The van der Waals surface area contributed by atoms with Gasteiger partial charge in [0.05, 0.1) is 20.6 Å². The Morgan fingerprint density at radius 1 is 1.03 bits per heavy atom. The third kappa shape index (κ3) is 2.94. The number of hydrogen-bond donors (Lipinski definition) is 1. The van der Waals surface area contributed by atoms with Crippen LogP contribution in [0.3, 0.4) is 0 Å². The van der Waals surface area contributed by atoms with Gasteiger partial charge in [-0.05, 0) is 35.9 Å². The molecule has 0 spiro atoms. The van der Waals surface area contributed by atoms with Crippen LogP contribution in [-0.2, 0) is 21.5 Å². The molecule has 158 valence electrons. The summed E-state index contributed by atoms with van der Waals surface area (Å²) in [5.74, 6) is 0.481. The number of methoxy groups -OCH3 is 2. The Labute approximate surface area is 177 Å². The average molecular weight is 420 g/mol. The summed E-state index contributed by atoms with van der Waals surface area (Å²) in [6.07, 6.45) is -0.0910. The summed E-state index contributed by atoms with van der Waals surface area (Å²) < 4.78 is 16.5. The SMILES string of the molecule is COc1ccc2c(c1)C(=O)N(C[C@@]1(c3cc4ccc(OC)cc4o3)CC(=O)NC1=O)C2. The number of nitrogens with zero attached hydrogens (tertiary/aromatic N) is 1. The topological polar surface area (TPSA) is 98.1 Å². The number of carbonyl (C=O) groups is 3. The number of benzene rings is 2. The fourth-order valence-corrected chi connectivity index (χ4v) is 4.34. The van der Waals surface area contributed by atoms with E-state index >= 15 is 0 Å². The molecule has 2 aliphatic heterocycles. The first kappa shape index (κ1) is 19.2. The van der Waals surface area contributed by atoms with Crippen LogP contribution < -0.4 is 14.8 Å². The maximum absolute atomic E-state index is 13.1. The number of furan rings is 1. The van der Waals surface area contributed by atoms with E-state index in [9.17, 15) is 14.4 Å². The minimum absolute atomic E-state index is 0.0252. The summed E-state index contributed by atoms with van der Waals surface area (Å²) in [5.41, 5.74) is 0.626. The second-order valence-electron chi connectivity index (χ2n) is 7.83. The van der Waals surface area contributed by atoms with Crippen molar-refractivity contribution in [3.63, 3.8) is 0 Å². The van der Waals surface area contributed by atoms with Crippen molar-refractivity contribution < 1.29 is 28.3 Å². The highest BCUT2D eigenvalue weighted by Gasteiger charge is 2.53. The van der Waals surface area contributed by atoms with E-state index in [-0.39, 0.29) is 18.9 Å². The van der Waals surface area contributed by atoms with Crippen molar-refractivity contribution in [2.24, 2.45) is 0 Å². The highest BCUT2D eigenvalue weighted by atomic mass is 16.5. The van der Waals surface area contributed by atoms with Crippen LogP contribution in [0.4, 0.5) is 0 Å². The standard InChI is InChI=1S/C23H20N2O6/c1-29-15-6-4-14-11-25(21(27)17(14)8-15)12-23(10-20(26)24-22(23)28)19-7-13-3-5-16(30-2)9-18(13)31-19/h3-9H,10-12H2,1-2H3,(H,24,26,28)/t23-/m1/s1. The van der Waals surface area contributed by atoms with Crippen LogP contribution in [0.2, 0.25) is 0 Å². The van der Waals surface area contributed by atoms with E-state index < -0.39 is 17.2 Å². The van der Waals surface area contributed by atoms with Crippen molar-refractivity contribution in [1.29, 1.82) is 0 Å². The number of nitrogens with one attached hydrogen (secondary N) is 1. The molecule has 3 amide bonds. The molecular weight excluding hydrogens is 400 g/mol. The Balaban J connectivity index is 1.54. The van der Waals surface area contributed by atoms with E-state index in [1.165, 1.54) is 0 Å². The first-order chi connectivity index (χ1) is 14.9. The van der Waals surface area contributed by atoms with E-state index in [4.69, 9.17) is 13.9 Å². The van der Waals surface area contributed by atoms with E-state index in [1.807, 2.05) is 12.1 Å². The molecule has 2 aromatic carbocycles. The number of hydrogen-bond acceptors (Lipinski definition) is 6. The van der Waals surface area contributed by atoms with E-state index in [0.29, 0.717) is 35.0 Å². The fourth-order valence-electron chi connectivity index (χ4n) is 4.34. The van der Waals surface area contributed by atoms with Gasteiger partial charge in [-0.15, -0.1) is 0 Å². The van der Waals surface area contributed by atoms with Gasteiger partial charge >= 0.3 is 0 Å². The predicted octanol–water partition coefficient (Wildman–Crippen LogP) is 2.39. The number of imide groups is 1. The Morgan fingerprint density at radius 2 is 1.77 bits per heavy atom. The molecule has 0 unspecified atom stereocenters. The number of ether oxygens (including phenoxy) is 2. The molecular formula is C23H20N2O6. The Morgan fingerprint density at radius 3 is 2.48 bits per heavy atom. The van der Waals surface area contributed by atoms with Crippen molar-refractivity contribution >= 4 is 28.7 Å². The molecule has 8 nitrogen and oxygen atoms in total. The molecule has 0 bridgehead atoms. The first-order valence-electron chi connectivity index (χ1n) is 9.82. The van der Waals surface area contributed by atoms with E-state index in [2.05, 4.69) is 5.32 Å². The zero-order valence-electron chi connectivity index (χ0n) is 17.1. The lowest BCUT2D eigenvalue weighted by Gasteiger charge is -2.28. The second kappa shape index (κ2) is 6.87. The molecule has 8 heteroatoms. The first-order valence-corrected chi connectivity index (χ1v) is 9.82. The maximum Gasteiger partial charge on any atom is 0.254 e. The lowest BCUT2D eigenvalue weighted by molar-refractivity contribution is -0.126.